The largest absolute Gasteiger partial charge is 0.439 e. The van der Waals surface area contributed by atoms with Gasteiger partial charge in [-0.1, -0.05) is 6.92 Å². The van der Waals surface area contributed by atoms with Gasteiger partial charge in [-0.3, -0.25) is 9.36 Å². The van der Waals surface area contributed by atoms with Crippen molar-refractivity contribution in [2.45, 2.75) is 19.5 Å². The number of aromatic nitrogens is 3. The first-order chi connectivity index (χ1) is 19.6. The van der Waals surface area contributed by atoms with Gasteiger partial charge in [0.15, 0.2) is 0 Å². The zero-order chi connectivity index (χ0) is 29.1. The third-order valence-corrected chi connectivity index (χ3v) is 6.71. The molecule has 1 saturated heterocycles. The van der Waals surface area contributed by atoms with E-state index in [2.05, 4.69) is 15.3 Å². The molecule has 10 nitrogen and oxygen atoms in total. The Morgan fingerprint density at radius 1 is 1.10 bits per heavy atom. The Bertz CT molecular complexity index is 1580. The van der Waals surface area contributed by atoms with E-state index in [1.807, 2.05) is 0 Å². The lowest BCUT2D eigenvalue weighted by Gasteiger charge is -2.31. The number of carbonyl (C=O) groups is 2. The number of nitrogens with two attached hydrogens (primary N) is 1. The number of morpholine rings is 1. The summed E-state index contributed by atoms with van der Waals surface area (Å²) in [6.45, 7) is 3.10. The highest BCUT2D eigenvalue weighted by Gasteiger charge is 2.35. The minimum atomic E-state index is -4.60. The lowest BCUT2D eigenvalue weighted by Crippen LogP contribution is -2.37. The van der Waals surface area contributed by atoms with E-state index in [1.165, 1.54) is 29.2 Å². The van der Waals surface area contributed by atoms with Gasteiger partial charge in [-0.2, -0.15) is 13.2 Å². The summed E-state index contributed by atoms with van der Waals surface area (Å²) in [5.41, 5.74) is 5.69. The molecule has 2 amide bonds. The van der Waals surface area contributed by atoms with Crippen LogP contribution in [-0.4, -0.2) is 52.8 Å². The zero-order valence-electron chi connectivity index (χ0n) is 22.0. The zero-order valence-corrected chi connectivity index (χ0v) is 22.0. The summed E-state index contributed by atoms with van der Waals surface area (Å²) in [5.74, 6) is -0.125. The van der Waals surface area contributed by atoms with Crippen LogP contribution in [0.2, 0.25) is 0 Å². The van der Waals surface area contributed by atoms with Gasteiger partial charge < -0.3 is 25.4 Å². The fourth-order valence-corrected chi connectivity index (χ4v) is 4.55. The Morgan fingerprint density at radius 3 is 2.61 bits per heavy atom. The maximum Gasteiger partial charge on any atom is 0.418 e. The maximum atomic E-state index is 13.9. The summed E-state index contributed by atoms with van der Waals surface area (Å²) in [7, 11) is 0. The van der Waals surface area contributed by atoms with E-state index in [0.717, 1.165) is 6.07 Å². The second-order valence-corrected chi connectivity index (χ2v) is 9.62. The van der Waals surface area contributed by atoms with Crippen LogP contribution in [0.25, 0.3) is 10.9 Å². The normalized spacial score (nSPS) is 14.6. The predicted molar refractivity (Wildman–Crippen MR) is 145 cm³/mol. The SMILES string of the molecule is CC(Cc1cc(Oc2ccc3c(ccn3C(=O)Nc3ccc(N4CCOCC4)c(C(F)(F)F)c3)c2)ncn1)C(N)=O. The molecular weight excluding hydrogens is 541 g/mol. The number of rotatable bonds is 7. The highest BCUT2D eigenvalue weighted by Crippen LogP contribution is 2.38. The average molecular weight is 569 g/mol. The molecule has 5 rings (SSSR count). The van der Waals surface area contributed by atoms with Crippen molar-refractivity contribution in [3.8, 4) is 11.6 Å². The molecule has 3 heterocycles. The van der Waals surface area contributed by atoms with E-state index < -0.39 is 29.6 Å². The van der Waals surface area contributed by atoms with Gasteiger partial charge in [0, 0.05) is 60.1 Å². The summed E-state index contributed by atoms with van der Waals surface area (Å²) in [4.78, 5) is 34.3. The lowest BCUT2D eigenvalue weighted by molar-refractivity contribution is -0.137. The molecule has 1 aliphatic rings. The van der Waals surface area contributed by atoms with Crippen LogP contribution >= 0.6 is 0 Å². The number of halogens is 3. The monoisotopic (exact) mass is 568 g/mol. The number of amides is 2. The van der Waals surface area contributed by atoms with Gasteiger partial charge in [-0.25, -0.2) is 14.8 Å². The first kappa shape index (κ1) is 27.9. The molecule has 1 atom stereocenters. The quantitative estimate of drug-likeness (QED) is 0.327. The number of fused-ring (bicyclic) bond motifs is 1. The Morgan fingerprint density at radius 2 is 1.88 bits per heavy atom. The molecule has 1 aliphatic heterocycles. The Labute approximate surface area is 232 Å². The molecule has 0 aliphatic carbocycles. The van der Waals surface area contributed by atoms with Crippen molar-refractivity contribution in [1.82, 2.24) is 14.5 Å². The minimum Gasteiger partial charge on any atom is -0.439 e. The van der Waals surface area contributed by atoms with Gasteiger partial charge in [0.1, 0.15) is 12.1 Å². The topological polar surface area (TPSA) is 125 Å². The number of hydrogen-bond acceptors (Lipinski definition) is 7. The highest BCUT2D eigenvalue weighted by molar-refractivity contribution is 5.99. The average Bonchev–Trinajstić information content (AvgIpc) is 3.37. The molecular formula is C28H27F3N6O4. The molecule has 0 radical (unpaired) electrons. The van der Waals surface area contributed by atoms with Crippen molar-refractivity contribution < 1.29 is 32.2 Å². The minimum absolute atomic E-state index is 0.0198. The molecule has 2 aromatic heterocycles. The van der Waals surface area contributed by atoms with Crippen molar-refractivity contribution in [3.63, 3.8) is 0 Å². The third kappa shape index (κ3) is 6.40. The number of benzene rings is 2. The molecule has 214 valence electrons. The Kier molecular flexibility index (Phi) is 7.79. The summed E-state index contributed by atoms with van der Waals surface area (Å²) >= 11 is 0. The van der Waals surface area contributed by atoms with Crippen molar-refractivity contribution in [2.75, 3.05) is 36.5 Å². The first-order valence-corrected chi connectivity index (χ1v) is 12.8. The van der Waals surface area contributed by atoms with E-state index in [0.29, 0.717) is 55.1 Å². The molecule has 4 aromatic rings. The van der Waals surface area contributed by atoms with Gasteiger partial charge in [-0.15, -0.1) is 0 Å². The maximum absolute atomic E-state index is 13.9. The molecule has 1 fully saturated rings. The van der Waals surface area contributed by atoms with E-state index in [1.54, 1.807) is 42.2 Å². The van der Waals surface area contributed by atoms with Gasteiger partial charge in [-0.05, 0) is 42.5 Å². The van der Waals surface area contributed by atoms with Gasteiger partial charge >= 0.3 is 12.2 Å². The van der Waals surface area contributed by atoms with Gasteiger partial charge in [0.05, 0.1) is 24.3 Å². The molecule has 0 bridgehead atoms. The summed E-state index contributed by atoms with van der Waals surface area (Å²) in [5, 5.41) is 3.22. The van der Waals surface area contributed by atoms with E-state index in [4.69, 9.17) is 15.2 Å². The lowest BCUT2D eigenvalue weighted by atomic mass is 10.1. The number of anilines is 2. The molecule has 3 N–H and O–H groups in total. The van der Waals surface area contributed by atoms with Crippen LogP contribution in [0, 0.1) is 5.92 Å². The van der Waals surface area contributed by atoms with Crippen LogP contribution in [0.3, 0.4) is 0 Å². The number of ether oxygens (including phenoxy) is 2. The molecule has 13 heteroatoms. The highest BCUT2D eigenvalue weighted by atomic mass is 19.4. The smallest absolute Gasteiger partial charge is 0.418 e. The first-order valence-electron chi connectivity index (χ1n) is 12.8. The van der Waals surface area contributed by atoms with Crippen LogP contribution in [0.1, 0.15) is 18.2 Å². The van der Waals surface area contributed by atoms with Gasteiger partial charge in [0.2, 0.25) is 11.8 Å². The van der Waals surface area contributed by atoms with Crippen LogP contribution < -0.4 is 20.7 Å². The number of alkyl halides is 3. The van der Waals surface area contributed by atoms with Gasteiger partial charge in [0.25, 0.3) is 0 Å². The third-order valence-electron chi connectivity index (χ3n) is 6.71. The van der Waals surface area contributed by atoms with Crippen LogP contribution in [-0.2, 0) is 22.1 Å². The Hall–Kier alpha value is -4.65. The molecule has 41 heavy (non-hydrogen) atoms. The standard InChI is InChI=1S/C28H27F3N6O4/c1-17(26(32)38)12-20-15-25(34-16-33-20)41-21-3-5-23-18(13-21)6-7-37(23)27(39)35-19-2-4-24(22(14-19)28(29,30)31)36-8-10-40-11-9-36/h2-7,13-17H,8-12H2,1H3,(H2,32,38)(H,35,39). The molecule has 0 saturated carbocycles. The molecule has 2 aromatic carbocycles. The predicted octanol–water partition coefficient (Wildman–Crippen LogP) is 4.82. The van der Waals surface area contributed by atoms with E-state index in [-0.39, 0.29) is 17.3 Å². The summed E-state index contributed by atoms with van der Waals surface area (Å²) < 4.78 is 54.1. The number of primary amides is 1. The number of nitrogens with one attached hydrogen (secondary N) is 1. The van der Waals surface area contributed by atoms with Crippen molar-refractivity contribution in [1.29, 1.82) is 0 Å². The van der Waals surface area contributed by atoms with E-state index >= 15 is 0 Å². The fourth-order valence-electron chi connectivity index (χ4n) is 4.55. The van der Waals surface area contributed by atoms with Crippen LogP contribution in [0.4, 0.5) is 29.3 Å². The number of nitrogens with zero attached hydrogens (tertiary/aromatic N) is 4. The second kappa shape index (κ2) is 11.5. The summed E-state index contributed by atoms with van der Waals surface area (Å²) in [6.07, 6.45) is -1.42. The van der Waals surface area contributed by atoms with Crippen molar-refractivity contribution in [2.24, 2.45) is 11.7 Å². The Balaban J connectivity index is 1.32. The summed E-state index contributed by atoms with van der Waals surface area (Å²) in [6, 6.07) is 11.4. The number of carbonyl (C=O) groups excluding carboxylic acids is 2. The van der Waals surface area contributed by atoms with E-state index in [9.17, 15) is 22.8 Å². The molecule has 0 spiro atoms. The van der Waals surface area contributed by atoms with Crippen LogP contribution in [0.15, 0.2) is 61.1 Å². The van der Waals surface area contributed by atoms with Crippen molar-refractivity contribution in [3.05, 3.63) is 72.3 Å². The number of hydrogen-bond donors (Lipinski definition) is 2. The molecule has 1 unspecified atom stereocenters. The van der Waals surface area contributed by atoms with Crippen LogP contribution in [0.5, 0.6) is 11.6 Å². The van der Waals surface area contributed by atoms with Crippen molar-refractivity contribution >= 4 is 34.2 Å². The fraction of sp³-hybridized carbons (Fsp3) is 0.286. The second-order valence-electron chi connectivity index (χ2n) is 9.62.